The van der Waals surface area contributed by atoms with E-state index in [1.807, 2.05) is 25.2 Å². The van der Waals surface area contributed by atoms with E-state index in [1.54, 1.807) is 4.90 Å². The van der Waals surface area contributed by atoms with E-state index in [9.17, 15) is 14.0 Å². The Morgan fingerprint density at radius 1 is 1.17 bits per heavy atom. The Balaban J connectivity index is 1.28. The molecule has 2 aliphatic heterocycles. The molecular weight excluding hydrogens is 523 g/mol. The van der Waals surface area contributed by atoms with Crippen LogP contribution in [0.3, 0.4) is 0 Å². The standard InChI is InChI=1S/C31H35FN6O3/c1-36-25-11-19-9-10-37(16-21(33)14-32)31(40)23(19)13-24(25)35-30(36)26-12-20-3-2-4-27(29(20)38(26)15-18-5-6-18)41-17-22-7-8-28(39)34-22/h2-4,11-13,18,21-22H,5-10,14-17,33H2,1H3,(H,34,39)/t21-,22-/m1/s1. The third-order valence-corrected chi connectivity index (χ3v) is 8.70. The zero-order valence-electron chi connectivity index (χ0n) is 23.2. The third kappa shape index (κ3) is 4.73. The number of hydrogen-bond donors (Lipinski definition) is 2. The van der Waals surface area contributed by atoms with Gasteiger partial charge in [0.1, 0.15) is 19.0 Å². The number of alkyl halides is 1. The first kappa shape index (κ1) is 26.0. The second-order valence-corrected chi connectivity index (χ2v) is 11.8. The molecule has 3 aliphatic rings. The summed E-state index contributed by atoms with van der Waals surface area (Å²) in [6.07, 6.45) is 4.44. The van der Waals surface area contributed by atoms with Crippen molar-refractivity contribution < 1.29 is 18.7 Å². The second-order valence-electron chi connectivity index (χ2n) is 11.8. The van der Waals surface area contributed by atoms with Gasteiger partial charge in [-0.1, -0.05) is 12.1 Å². The van der Waals surface area contributed by atoms with E-state index < -0.39 is 12.7 Å². The van der Waals surface area contributed by atoms with Gasteiger partial charge in [-0.05, 0) is 61.4 Å². The van der Waals surface area contributed by atoms with Gasteiger partial charge in [0, 0.05) is 44.1 Å². The number of nitrogens with two attached hydrogens (primary N) is 1. The number of aryl methyl sites for hydroxylation is 1. The van der Waals surface area contributed by atoms with Crippen LogP contribution in [-0.4, -0.2) is 69.3 Å². The summed E-state index contributed by atoms with van der Waals surface area (Å²) in [5, 5.41) is 4.07. The van der Waals surface area contributed by atoms with E-state index in [0.717, 1.165) is 57.7 Å². The van der Waals surface area contributed by atoms with Crippen molar-refractivity contribution in [3.8, 4) is 17.3 Å². The van der Waals surface area contributed by atoms with Crippen molar-refractivity contribution in [1.82, 2.24) is 24.3 Å². The van der Waals surface area contributed by atoms with Crippen LogP contribution in [0, 0.1) is 5.92 Å². The molecule has 2 amide bonds. The first-order valence-corrected chi connectivity index (χ1v) is 14.5. The molecule has 2 atom stereocenters. The molecule has 10 heteroatoms. The monoisotopic (exact) mass is 558 g/mol. The van der Waals surface area contributed by atoms with Crippen molar-refractivity contribution in [1.29, 1.82) is 0 Å². The van der Waals surface area contributed by atoms with E-state index >= 15 is 0 Å². The van der Waals surface area contributed by atoms with Crippen LogP contribution in [0.5, 0.6) is 5.75 Å². The van der Waals surface area contributed by atoms with Gasteiger partial charge in [-0.25, -0.2) is 9.37 Å². The van der Waals surface area contributed by atoms with Gasteiger partial charge >= 0.3 is 0 Å². The van der Waals surface area contributed by atoms with Gasteiger partial charge in [0.2, 0.25) is 5.91 Å². The fraction of sp³-hybridized carbons (Fsp3) is 0.452. The molecule has 3 N–H and O–H groups in total. The fourth-order valence-electron chi connectivity index (χ4n) is 6.28. The normalized spacial score (nSPS) is 19.7. The molecule has 0 bridgehead atoms. The van der Waals surface area contributed by atoms with E-state index in [4.69, 9.17) is 15.5 Å². The highest BCUT2D eigenvalue weighted by molar-refractivity contribution is 6.01. The maximum absolute atomic E-state index is 13.3. The number of amides is 2. The summed E-state index contributed by atoms with van der Waals surface area (Å²) < 4.78 is 23.8. The molecule has 0 spiro atoms. The minimum atomic E-state index is -0.676. The number of carbonyl (C=O) groups excluding carboxylic acids is 2. The van der Waals surface area contributed by atoms with Crippen LogP contribution in [0.4, 0.5) is 4.39 Å². The van der Waals surface area contributed by atoms with Crippen LogP contribution in [0.1, 0.15) is 41.6 Å². The Labute approximate surface area is 237 Å². The molecule has 0 unspecified atom stereocenters. The number of nitrogens with zero attached hydrogens (tertiary/aromatic N) is 4. The minimum Gasteiger partial charge on any atom is -0.489 e. The second kappa shape index (κ2) is 10.2. The molecule has 1 saturated carbocycles. The van der Waals surface area contributed by atoms with Gasteiger partial charge in [0.05, 0.1) is 34.3 Å². The Morgan fingerprint density at radius 2 is 2.02 bits per heavy atom. The van der Waals surface area contributed by atoms with Gasteiger partial charge in [0.15, 0.2) is 5.82 Å². The largest absolute Gasteiger partial charge is 0.489 e. The average molecular weight is 559 g/mol. The summed E-state index contributed by atoms with van der Waals surface area (Å²) >= 11 is 0. The summed E-state index contributed by atoms with van der Waals surface area (Å²) in [5.74, 6) is 2.22. The molecule has 4 aromatic rings. The number of halogens is 1. The van der Waals surface area contributed by atoms with E-state index in [1.165, 1.54) is 12.8 Å². The molecule has 2 aromatic heterocycles. The quantitative estimate of drug-likeness (QED) is 0.327. The fourth-order valence-corrected chi connectivity index (χ4v) is 6.28. The number of fused-ring (bicyclic) bond motifs is 3. The van der Waals surface area contributed by atoms with Crippen molar-refractivity contribution in [3.05, 3.63) is 47.5 Å². The Kier molecular flexibility index (Phi) is 6.45. The number of rotatable bonds is 9. The molecule has 1 saturated heterocycles. The smallest absolute Gasteiger partial charge is 0.254 e. The number of benzene rings is 2. The first-order valence-electron chi connectivity index (χ1n) is 14.5. The highest BCUT2D eigenvalue weighted by Crippen LogP contribution is 2.39. The number of ether oxygens (including phenoxy) is 1. The maximum Gasteiger partial charge on any atom is 0.254 e. The highest BCUT2D eigenvalue weighted by atomic mass is 19.1. The van der Waals surface area contributed by atoms with Crippen molar-refractivity contribution in [3.63, 3.8) is 0 Å². The molecule has 1 aliphatic carbocycles. The predicted molar refractivity (Wildman–Crippen MR) is 155 cm³/mol. The maximum atomic E-state index is 13.3. The number of imidazole rings is 1. The number of para-hydroxylation sites is 1. The molecule has 2 fully saturated rings. The van der Waals surface area contributed by atoms with Crippen molar-refractivity contribution in [2.45, 2.75) is 50.7 Å². The van der Waals surface area contributed by atoms with Gasteiger partial charge in [-0.15, -0.1) is 0 Å². The van der Waals surface area contributed by atoms with Crippen LogP contribution in [0.25, 0.3) is 33.5 Å². The molecule has 0 radical (unpaired) electrons. The van der Waals surface area contributed by atoms with E-state index in [0.29, 0.717) is 37.5 Å². The molecule has 2 aromatic carbocycles. The van der Waals surface area contributed by atoms with Crippen molar-refractivity contribution in [2.24, 2.45) is 18.7 Å². The summed E-state index contributed by atoms with van der Waals surface area (Å²) in [4.78, 5) is 31.6. The van der Waals surface area contributed by atoms with Gasteiger partial charge in [-0.3, -0.25) is 9.59 Å². The lowest BCUT2D eigenvalue weighted by Gasteiger charge is -2.30. The number of aromatic nitrogens is 3. The highest BCUT2D eigenvalue weighted by Gasteiger charge is 2.30. The predicted octanol–water partition coefficient (Wildman–Crippen LogP) is 3.56. The number of nitrogens with one attached hydrogen (secondary N) is 1. The summed E-state index contributed by atoms with van der Waals surface area (Å²) in [6, 6.07) is 11.6. The van der Waals surface area contributed by atoms with Gasteiger partial charge in [-0.2, -0.15) is 0 Å². The van der Waals surface area contributed by atoms with E-state index in [2.05, 4.69) is 32.7 Å². The molecule has 4 heterocycles. The lowest BCUT2D eigenvalue weighted by molar-refractivity contribution is -0.119. The topological polar surface area (TPSA) is 107 Å². The van der Waals surface area contributed by atoms with E-state index in [-0.39, 0.29) is 24.4 Å². The van der Waals surface area contributed by atoms with Crippen LogP contribution < -0.4 is 15.8 Å². The Morgan fingerprint density at radius 3 is 2.78 bits per heavy atom. The minimum absolute atomic E-state index is 0.0290. The average Bonchev–Trinajstić information content (AvgIpc) is 3.45. The summed E-state index contributed by atoms with van der Waals surface area (Å²) in [6.45, 7) is 1.39. The Bertz CT molecular complexity index is 1670. The summed E-state index contributed by atoms with van der Waals surface area (Å²) in [7, 11) is 2.02. The molecular formula is C31H35FN6O3. The van der Waals surface area contributed by atoms with Gasteiger partial charge < -0.3 is 29.8 Å². The van der Waals surface area contributed by atoms with Crippen LogP contribution >= 0.6 is 0 Å². The number of carbonyl (C=O) groups is 2. The third-order valence-electron chi connectivity index (χ3n) is 8.70. The van der Waals surface area contributed by atoms with Crippen LogP contribution in [0.2, 0.25) is 0 Å². The molecule has 214 valence electrons. The van der Waals surface area contributed by atoms with Crippen molar-refractivity contribution in [2.75, 3.05) is 26.4 Å². The van der Waals surface area contributed by atoms with Crippen LogP contribution in [-0.2, 0) is 24.8 Å². The van der Waals surface area contributed by atoms with Crippen molar-refractivity contribution >= 4 is 33.8 Å². The lowest BCUT2D eigenvalue weighted by Crippen LogP contribution is -2.45. The zero-order chi connectivity index (χ0) is 28.2. The van der Waals surface area contributed by atoms with Gasteiger partial charge in [0.25, 0.3) is 5.91 Å². The molecule has 9 nitrogen and oxygen atoms in total. The first-order chi connectivity index (χ1) is 19.9. The Hall–Kier alpha value is -3.92. The number of hydrogen-bond acceptors (Lipinski definition) is 5. The lowest BCUT2D eigenvalue weighted by atomic mass is 9.97. The molecule has 7 rings (SSSR count). The SMILES string of the molecule is Cn1c(-c2cc3cccc(OC[C@H]4CCC(=O)N4)c3n2CC2CC2)nc2cc3c(cc21)CCN(C[C@H](N)CF)C3=O. The molecule has 41 heavy (non-hydrogen) atoms. The van der Waals surface area contributed by atoms with Crippen LogP contribution in [0.15, 0.2) is 36.4 Å². The summed E-state index contributed by atoms with van der Waals surface area (Å²) in [5.41, 5.74) is 11.2. The zero-order valence-corrected chi connectivity index (χ0v) is 23.2.